The zero-order chi connectivity index (χ0) is 17.1. The number of carbonyl (C=O) groups excluding carboxylic acids is 2. The fourth-order valence-electron chi connectivity index (χ4n) is 3.39. The first-order valence-electron chi connectivity index (χ1n) is 8.37. The Kier molecular flexibility index (Phi) is 5.18. The van der Waals surface area contributed by atoms with E-state index in [0.29, 0.717) is 44.0 Å². The third-order valence-electron chi connectivity index (χ3n) is 4.90. The van der Waals surface area contributed by atoms with E-state index in [0.717, 1.165) is 12.8 Å². The summed E-state index contributed by atoms with van der Waals surface area (Å²) >= 11 is 1.47. The molecule has 6 nitrogen and oxygen atoms in total. The molecule has 24 heavy (non-hydrogen) atoms. The molecular formula is C17H22N2O4S. The maximum absolute atomic E-state index is 12.3. The first-order valence-corrected chi connectivity index (χ1v) is 9.31. The van der Waals surface area contributed by atoms with Crippen molar-refractivity contribution in [1.82, 2.24) is 10.2 Å². The maximum Gasteiger partial charge on any atom is 0.308 e. The van der Waals surface area contributed by atoms with Crippen molar-refractivity contribution in [2.45, 2.75) is 25.7 Å². The molecule has 0 radical (unpaired) electrons. The molecule has 2 amide bonds. The monoisotopic (exact) mass is 350 g/mol. The number of nitrogens with zero attached hydrogens (tertiary/aromatic N) is 1. The van der Waals surface area contributed by atoms with E-state index in [-0.39, 0.29) is 17.7 Å². The quantitative estimate of drug-likeness (QED) is 0.735. The molecule has 7 heteroatoms. The molecule has 1 saturated carbocycles. The van der Waals surface area contributed by atoms with E-state index in [4.69, 9.17) is 0 Å². The van der Waals surface area contributed by atoms with E-state index in [9.17, 15) is 19.5 Å². The van der Waals surface area contributed by atoms with Crippen molar-refractivity contribution in [1.29, 1.82) is 0 Å². The second-order valence-electron chi connectivity index (χ2n) is 6.62. The smallest absolute Gasteiger partial charge is 0.308 e. The lowest BCUT2D eigenvalue weighted by Crippen LogP contribution is -2.31. The van der Waals surface area contributed by atoms with Gasteiger partial charge in [0.2, 0.25) is 5.91 Å². The minimum Gasteiger partial charge on any atom is -0.481 e. The number of carboxylic acids is 1. The second-order valence-corrected chi connectivity index (χ2v) is 7.40. The van der Waals surface area contributed by atoms with Gasteiger partial charge in [-0.1, -0.05) is 0 Å². The molecule has 3 rings (SSSR count). The fourth-order valence-corrected chi connectivity index (χ4v) is 4.03. The first kappa shape index (κ1) is 17.0. The highest BCUT2D eigenvalue weighted by Gasteiger charge is 2.46. The van der Waals surface area contributed by atoms with Crippen LogP contribution in [0.1, 0.15) is 36.0 Å². The molecule has 2 fully saturated rings. The molecule has 1 aliphatic heterocycles. The van der Waals surface area contributed by atoms with Crippen molar-refractivity contribution in [3.63, 3.8) is 0 Å². The zero-order valence-electron chi connectivity index (χ0n) is 13.4. The van der Waals surface area contributed by atoms with Crippen LogP contribution in [0.2, 0.25) is 0 Å². The number of nitrogens with one attached hydrogen (secondary N) is 1. The average molecular weight is 350 g/mol. The van der Waals surface area contributed by atoms with Crippen molar-refractivity contribution in [2.24, 2.45) is 17.8 Å². The Morgan fingerprint density at radius 1 is 1.29 bits per heavy atom. The number of thiophene rings is 1. The summed E-state index contributed by atoms with van der Waals surface area (Å²) in [5.74, 6) is -0.734. The van der Waals surface area contributed by atoms with Gasteiger partial charge in [-0.05, 0) is 42.5 Å². The van der Waals surface area contributed by atoms with Crippen LogP contribution in [0.3, 0.4) is 0 Å². The van der Waals surface area contributed by atoms with Crippen LogP contribution in [0.5, 0.6) is 0 Å². The number of amides is 2. The van der Waals surface area contributed by atoms with Gasteiger partial charge in [0.15, 0.2) is 0 Å². The van der Waals surface area contributed by atoms with Crippen LogP contribution in [0, 0.1) is 17.8 Å². The molecule has 0 aromatic carbocycles. The maximum atomic E-state index is 12.3. The molecule has 1 saturated heterocycles. The van der Waals surface area contributed by atoms with Gasteiger partial charge in [-0.3, -0.25) is 14.4 Å². The van der Waals surface area contributed by atoms with E-state index in [1.165, 1.54) is 11.3 Å². The fraction of sp³-hybridized carbons (Fsp3) is 0.588. The van der Waals surface area contributed by atoms with Crippen LogP contribution in [-0.2, 0) is 9.59 Å². The number of likely N-dealkylation sites (tertiary alicyclic amines) is 1. The van der Waals surface area contributed by atoms with Crippen molar-refractivity contribution in [2.75, 3.05) is 19.6 Å². The molecule has 2 aliphatic rings. The average Bonchev–Trinajstić information content (AvgIpc) is 3.09. The van der Waals surface area contributed by atoms with Crippen LogP contribution < -0.4 is 5.32 Å². The van der Waals surface area contributed by atoms with Crippen molar-refractivity contribution >= 4 is 29.1 Å². The Hall–Kier alpha value is -1.89. The zero-order valence-corrected chi connectivity index (χ0v) is 14.3. The Bertz CT molecular complexity index is 612. The minimum atomic E-state index is -0.787. The Morgan fingerprint density at radius 3 is 2.71 bits per heavy atom. The summed E-state index contributed by atoms with van der Waals surface area (Å²) < 4.78 is 0. The van der Waals surface area contributed by atoms with Gasteiger partial charge in [0.05, 0.1) is 5.92 Å². The largest absolute Gasteiger partial charge is 0.481 e. The Labute approximate surface area is 144 Å². The van der Waals surface area contributed by atoms with Gasteiger partial charge in [0.1, 0.15) is 0 Å². The van der Waals surface area contributed by atoms with E-state index >= 15 is 0 Å². The van der Waals surface area contributed by atoms with Crippen LogP contribution in [-0.4, -0.2) is 47.4 Å². The number of hydrogen-bond donors (Lipinski definition) is 2. The van der Waals surface area contributed by atoms with Crippen molar-refractivity contribution in [3.8, 4) is 0 Å². The van der Waals surface area contributed by atoms with Gasteiger partial charge < -0.3 is 15.3 Å². The molecule has 1 aromatic rings. The predicted molar refractivity (Wildman–Crippen MR) is 89.8 cm³/mol. The van der Waals surface area contributed by atoms with Gasteiger partial charge in [0, 0.05) is 37.0 Å². The SMILES string of the molecule is O=C(NCCCC(=O)N1C[C@H](C(=O)O)[C@@H](C2CC2)C1)c1ccsc1. The minimum absolute atomic E-state index is 0.00539. The van der Waals surface area contributed by atoms with Crippen molar-refractivity contribution in [3.05, 3.63) is 22.4 Å². The summed E-state index contributed by atoms with van der Waals surface area (Å²) in [6, 6.07) is 1.76. The molecule has 0 bridgehead atoms. The normalized spacial score (nSPS) is 23.2. The lowest BCUT2D eigenvalue weighted by molar-refractivity contribution is -0.142. The summed E-state index contributed by atoms with van der Waals surface area (Å²) in [6.07, 6.45) is 3.08. The topological polar surface area (TPSA) is 86.7 Å². The number of rotatable bonds is 7. The summed E-state index contributed by atoms with van der Waals surface area (Å²) in [7, 11) is 0. The summed E-state index contributed by atoms with van der Waals surface area (Å²) in [6.45, 7) is 1.35. The number of carboxylic acid groups (broad SMARTS) is 1. The van der Waals surface area contributed by atoms with E-state index in [1.807, 2.05) is 5.38 Å². The van der Waals surface area contributed by atoms with Crippen LogP contribution in [0.15, 0.2) is 16.8 Å². The third-order valence-corrected chi connectivity index (χ3v) is 5.58. The predicted octanol–water partition coefficient (Wildman–Crippen LogP) is 1.83. The standard InChI is InChI=1S/C17H22N2O4S/c20-15(2-1-6-18-16(21)12-5-7-24-10-12)19-8-13(11-3-4-11)14(9-19)17(22)23/h5,7,10-11,13-14H,1-4,6,8-9H2,(H,18,21)(H,22,23)/t13-,14+/m1/s1. The van der Waals surface area contributed by atoms with Gasteiger partial charge in [-0.2, -0.15) is 11.3 Å². The first-order chi connectivity index (χ1) is 11.6. The molecule has 0 spiro atoms. The number of aliphatic carboxylic acids is 1. The third kappa shape index (κ3) is 3.95. The molecule has 0 unspecified atom stereocenters. The van der Waals surface area contributed by atoms with Gasteiger partial charge in [-0.15, -0.1) is 0 Å². The van der Waals surface area contributed by atoms with Crippen LogP contribution >= 0.6 is 11.3 Å². The highest BCUT2D eigenvalue weighted by atomic mass is 32.1. The highest BCUT2D eigenvalue weighted by molar-refractivity contribution is 7.08. The number of hydrogen-bond acceptors (Lipinski definition) is 4. The van der Waals surface area contributed by atoms with E-state index in [1.54, 1.807) is 16.3 Å². The number of carbonyl (C=O) groups is 3. The molecule has 2 atom stereocenters. The van der Waals surface area contributed by atoms with Gasteiger partial charge >= 0.3 is 5.97 Å². The van der Waals surface area contributed by atoms with Gasteiger partial charge in [-0.25, -0.2) is 0 Å². The molecule has 1 aromatic heterocycles. The second kappa shape index (κ2) is 7.34. The molecule has 1 aliphatic carbocycles. The van der Waals surface area contributed by atoms with E-state index in [2.05, 4.69) is 5.32 Å². The van der Waals surface area contributed by atoms with Crippen molar-refractivity contribution < 1.29 is 19.5 Å². The molecule has 2 heterocycles. The summed E-state index contributed by atoms with van der Waals surface area (Å²) in [5, 5.41) is 15.8. The van der Waals surface area contributed by atoms with Crippen LogP contribution in [0.4, 0.5) is 0 Å². The molecule has 130 valence electrons. The molecular weight excluding hydrogens is 328 g/mol. The Morgan fingerprint density at radius 2 is 2.08 bits per heavy atom. The van der Waals surface area contributed by atoms with E-state index < -0.39 is 11.9 Å². The Balaban J connectivity index is 1.40. The highest BCUT2D eigenvalue weighted by Crippen LogP contribution is 2.44. The summed E-state index contributed by atoms with van der Waals surface area (Å²) in [5.41, 5.74) is 0.641. The summed E-state index contributed by atoms with van der Waals surface area (Å²) in [4.78, 5) is 37.2. The lowest BCUT2D eigenvalue weighted by atomic mass is 9.92. The van der Waals surface area contributed by atoms with Gasteiger partial charge in [0.25, 0.3) is 5.91 Å². The molecule has 2 N–H and O–H groups in total. The lowest BCUT2D eigenvalue weighted by Gasteiger charge is -2.16. The van der Waals surface area contributed by atoms with Crippen LogP contribution in [0.25, 0.3) is 0 Å².